The molecule has 1 atom stereocenters. The fraction of sp³-hybridized carbons (Fsp3) is 0.217. The molecule has 0 aliphatic carbocycles. The van der Waals surface area contributed by atoms with Gasteiger partial charge in [0.1, 0.15) is 0 Å². The highest BCUT2D eigenvalue weighted by molar-refractivity contribution is 6.31. The van der Waals surface area contributed by atoms with Crippen LogP contribution in [0.3, 0.4) is 0 Å². The third kappa shape index (κ3) is 2.89. The zero-order valence-corrected chi connectivity index (χ0v) is 16.2. The number of carbonyl (C=O) groups is 2. The zero-order chi connectivity index (χ0) is 19.9. The Morgan fingerprint density at radius 3 is 2.64 bits per heavy atom. The molecule has 1 unspecified atom stereocenters. The second-order valence-corrected chi connectivity index (χ2v) is 7.54. The van der Waals surface area contributed by atoms with Gasteiger partial charge in [0, 0.05) is 22.7 Å². The first kappa shape index (κ1) is 18.7. The molecule has 0 saturated heterocycles. The number of halogens is 1. The van der Waals surface area contributed by atoms with Crippen molar-refractivity contribution >= 4 is 39.8 Å². The molecule has 4 rings (SSSR count). The summed E-state index contributed by atoms with van der Waals surface area (Å²) in [6.45, 7) is 2.43. The predicted molar refractivity (Wildman–Crippen MR) is 111 cm³/mol. The maximum absolute atomic E-state index is 13.2. The number of benzene rings is 3. The van der Waals surface area contributed by atoms with Gasteiger partial charge in [-0.25, -0.2) is 0 Å². The third-order valence-electron chi connectivity index (χ3n) is 5.25. The van der Waals surface area contributed by atoms with E-state index in [1.807, 2.05) is 43.3 Å². The Morgan fingerprint density at radius 2 is 1.86 bits per heavy atom. The first-order valence-electron chi connectivity index (χ1n) is 9.31. The first-order chi connectivity index (χ1) is 13.5. The van der Waals surface area contributed by atoms with E-state index in [4.69, 9.17) is 11.6 Å². The Hall–Kier alpha value is -2.69. The second kappa shape index (κ2) is 7.04. The molecular formula is C23H20ClNO3. The fourth-order valence-corrected chi connectivity index (χ4v) is 4.11. The van der Waals surface area contributed by atoms with Crippen LogP contribution in [0.25, 0.3) is 10.8 Å². The largest absolute Gasteiger partial charge is 0.375 e. The lowest BCUT2D eigenvalue weighted by Gasteiger charge is -2.22. The van der Waals surface area contributed by atoms with Crippen molar-refractivity contribution in [2.75, 3.05) is 11.4 Å². The maximum atomic E-state index is 13.2. The van der Waals surface area contributed by atoms with Gasteiger partial charge in [0.05, 0.1) is 12.1 Å². The highest BCUT2D eigenvalue weighted by Crippen LogP contribution is 2.44. The van der Waals surface area contributed by atoms with Crippen LogP contribution in [-0.2, 0) is 10.4 Å². The highest BCUT2D eigenvalue weighted by Gasteiger charge is 2.50. The van der Waals surface area contributed by atoms with Gasteiger partial charge in [-0.2, -0.15) is 0 Å². The minimum absolute atomic E-state index is 0.281. The average molecular weight is 394 g/mol. The molecule has 3 aromatic rings. The number of aliphatic hydroxyl groups is 1. The molecule has 1 N–H and O–H groups in total. The quantitative estimate of drug-likeness (QED) is 0.638. The van der Waals surface area contributed by atoms with E-state index < -0.39 is 11.5 Å². The van der Waals surface area contributed by atoms with Gasteiger partial charge in [-0.05, 0) is 35.4 Å². The van der Waals surface area contributed by atoms with Crippen molar-refractivity contribution in [1.29, 1.82) is 0 Å². The van der Waals surface area contributed by atoms with E-state index in [-0.39, 0.29) is 12.2 Å². The Morgan fingerprint density at radius 1 is 1.11 bits per heavy atom. The van der Waals surface area contributed by atoms with Crippen LogP contribution in [-0.4, -0.2) is 23.3 Å². The van der Waals surface area contributed by atoms with Crippen molar-refractivity contribution in [2.24, 2.45) is 0 Å². The van der Waals surface area contributed by atoms with Crippen molar-refractivity contribution < 1.29 is 14.7 Å². The summed E-state index contributed by atoms with van der Waals surface area (Å²) < 4.78 is 0. The first-order valence-corrected chi connectivity index (χ1v) is 9.69. The number of carbonyl (C=O) groups excluding carboxylic acids is 2. The minimum atomic E-state index is -1.91. The molecule has 28 heavy (non-hydrogen) atoms. The van der Waals surface area contributed by atoms with Gasteiger partial charge in [-0.1, -0.05) is 61.0 Å². The lowest BCUT2D eigenvalue weighted by atomic mass is 9.87. The molecule has 0 radical (unpaired) electrons. The van der Waals surface area contributed by atoms with E-state index in [1.54, 1.807) is 29.2 Å². The topological polar surface area (TPSA) is 57.6 Å². The molecule has 5 heteroatoms. The van der Waals surface area contributed by atoms with Crippen LogP contribution >= 0.6 is 11.6 Å². The molecule has 142 valence electrons. The Balaban J connectivity index is 1.77. The van der Waals surface area contributed by atoms with Gasteiger partial charge in [0.25, 0.3) is 5.91 Å². The van der Waals surface area contributed by atoms with Crippen molar-refractivity contribution in [2.45, 2.75) is 25.4 Å². The number of rotatable bonds is 5. The normalized spacial score (nSPS) is 18.5. The standard InChI is InChI=1S/C23H20ClNO3/c1-2-12-25-20-11-10-16(24)13-19(20)23(28,22(25)27)14-21(26)18-9-5-7-15-6-3-4-8-17(15)18/h3-11,13,28H,2,12,14H2,1H3. The van der Waals surface area contributed by atoms with Gasteiger partial charge in [0.15, 0.2) is 11.4 Å². The number of fused-ring (bicyclic) bond motifs is 2. The molecule has 4 nitrogen and oxygen atoms in total. The van der Waals surface area contributed by atoms with Gasteiger partial charge >= 0.3 is 0 Å². The number of ketones is 1. The molecule has 1 heterocycles. The van der Waals surface area contributed by atoms with Crippen LogP contribution < -0.4 is 4.90 Å². The average Bonchev–Trinajstić information content (AvgIpc) is 2.89. The summed E-state index contributed by atoms with van der Waals surface area (Å²) in [5.74, 6) is -0.753. The van der Waals surface area contributed by atoms with Crippen molar-refractivity contribution in [1.82, 2.24) is 0 Å². The van der Waals surface area contributed by atoms with Crippen LogP contribution in [0.15, 0.2) is 60.7 Å². The van der Waals surface area contributed by atoms with Crippen LogP contribution in [0.1, 0.15) is 35.7 Å². The summed E-state index contributed by atoms with van der Waals surface area (Å²) in [6, 6.07) is 18.1. The summed E-state index contributed by atoms with van der Waals surface area (Å²) in [6.07, 6.45) is 0.411. The summed E-state index contributed by atoms with van der Waals surface area (Å²) in [5, 5.41) is 13.5. The molecular weight excluding hydrogens is 374 g/mol. The molecule has 0 saturated carbocycles. The number of anilines is 1. The molecule has 0 spiro atoms. The molecule has 0 fully saturated rings. The van der Waals surface area contributed by atoms with Crippen LogP contribution in [0.5, 0.6) is 0 Å². The molecule has 0 bridgehead atoms. The molecule has 0 aromatic heterocycles. The van der Waals surface area contributed by atoms with Crippen molar-refractivity contribution in [3.8, 4) is 0 Å². The van der Waals surface area contributed by atoms with E-state index in [0.29, 0.717) is 28.4 Å². The van der Waals surface area contributed by atoms with Crippen molar-refractivity contribution in [3.63, 3.8) is 0 Å². The molecule has 3 aromatic carbocycles. The zero-order valence-electron chi connectivity index (χ0n) is 15.5. The molecule has 1 aliphatic heterocycles. The Kier molecular flexibility index (Phi) is 4.69. The van der Waals surface area contributed by atoms with E-state index in [1.165, 1.54) is 0 Å². The van der Waals surface area contributed by atoms with E-state index in [2.05, 4.69) is 0 Å². The number of hydrogen-bond donors (Lipinski definition) is 1. The summed E-state index contributed by atoms with van der Waals surface area (Å²) in [5.41, 5.74) is -0.406. The van der Waals surface area contributed by atoms with E-state index >= 15 is 0 Å². The Bertz CT molecular complexity index is 1090. The summed E-state index contributed by atoms with van der Waals surface area (Å²) in [4.78, 5) is 27.8. The molecule has 1 amide bonds. The van der Waals surface area contributed by atoms with Crippen molar-refractivity contribution in [3.05, 3.63) is 76.8 Å². The van der Waals surface area contributed by atoms with Gasteiger partial charge < -0.3 is 10.0 Å². The smallest absolute Gasteiger partial charge is 0.264 e. The summed E-state index contributed by atoms with van der Waals surface area (Å²) in [7, 11) is 0. The van der Waals surface area contributed by atoms with Gasteiger partial charge in [-0.3, -0.25) is 9.59 Å². The third-order valence-corrected chi connectivity index (χ3v) is 5.48. The van der Waals surface area contributed by atoms with Crippen LogP contribution in [0, 0.1) is 0 Å². The second-order valence-electron chi connectivity index (χ2n) is 7.11. The lowest BCUT2D eigenvalue weighted by molar-refractivity contribution is -0.135. The molecule has 1 aliphatic rings. The van der Waals surface area contributed by atoms with E-state index in [9.17, 15) is 14.7 Å². The fourth-order valence-electron chi connectivity index (χ4n) is 3.94. The maximum Gasteiger partial charge on any atom is 0.264 e. The minimum Gasteiger partial charge on any atom is -0.375 e. The number of Topliss-reactive ketones (excluding diaryl/α,β-unsaturated/α-hetero) is 1. The van der Waals surface area contributed by atoms with E-state index in [0.717, 1.165) is 17.2 Å². The number of nitrogens with zero attached hydrogens (tertiary/aromatic N) is 1. The Labute approximate surface area is 168 Å². The highest BCUT2D eigenvalue weighted by atomic mass is 35.5. The predicted octanol–water partition coefficient (Wildman–Crippen LogP) is 4.71. The van der Waals surface area contributed by atoms with Gasteiger partial charge in [-0.15, -0.1) is 0 Å². The van der Waals surface area contributed by atoms with Crippen LogP contribution in [0.2, 0.25) is 5.02 Å². The monoisotopic (exact) mass is 393 g/mol. The number of amides is 1. The summed E-state index contributed by atoms with van der Waals surface area (Å²) >= 11 is 6.13. The lowest BCUT2D eigenvalue weighted by Crippen LogP contribution is -2.42. The number of hydrogen-bond acceptors (Lipinski definition) is 3. The SMILES string of the molecule is CCCN1C(=O)C(O)(CC(=O)c2cccc3ccccc23)c2cc(Cl)ccc21. The van der Waals surface area contributed by atoms with Crippen LogP contribution in [0.4, 0.5) is 5.69 Å². The van der Waals surface area contributed by atoms with Gasteiger partial charge in [0.2, 0.25) is 0 Å².